The van der Waals surface area contributed by atoms with Crippen LogP contribution in [-0.2, 0) is 21.1 Å². The van der Waals surface area contributed by atoms with Crippen molar-refractivity contribution in [2.45, 2.75) is 0 Å². The molecule has 2 amide bonds. The van der Waals surface area contributed by atoms with Gasteiger partial charge in [-0.15, -0.1) is 0 Å². The van der Waals surface area contributed by atoms with E-state index in [1.807, 2.05) is 0 Å². The number of hydrogen-bond acceptors (Lipinski definition) is 1. The van der Waals surface area contributed by atoms with Gasteiger partial charge in [0.25, 0.3) is 0 Å². The van der Waals surface area contributed by atoms with E-state index in [-0.39, 0.29) is 21.1 Å². The van der Waals surface area contributed by atoms with E-state index in [2.05, 4.69) is 5.32 Å². The van der Waals surface area contributed by atoms with Gasteiger partial charge >= 0.3 is 0 Å². The maximum absolute atomic E-state index is 9.37. The van der Waals surface area contributed by atoms with Crippen molar-refractivity contribution in [2.24, 2.45) is 0 Å². The molecule has 0 fully saturated rings. The second-order valence-electron chi connectivity index (χ2n) is 0.579. The van der Waals surface area contributed by atoms with Gasteiger partial charge in [-0.3, -0.25) is 4.79 Å². The molecule has 0 bridgehead atoms. The van der Waals surface area contributed by atoms with Gasteiger partial charge in [-0.25, -0.2) is 0 Å². The summed E-state index contributed by atoms with van der Waals surface area (Å²) in [7, 11) is 1.41. The molecule has 0 aromatic carbocycles. The van der Waals surface area contributed by atoms with E-state index >= 15 is 0 Å². The monoisotopic (exact) mass is 257 g/mol. The van der Waals surface area contributed by atoms with Crippen LogP contribution < -0.4 is 5.32 Å². The van der Waals surface area contributed by atoms with Gasteiger partial charge in [-0.1, -0.05) is 7.05 Å². The van der Waals surface area contributed by atoms with E-state index in [1.165, 1.54) is 7.05 Å². The molecular weight excluding hydrogens is 252 g/mol. The molecule has 0 atom stereocenters. The van der Waals surface area contributed by atoms with Gasteiger partial charge in [0.1, 0.15) is 6.03 Å². The van der Waals surface area contributed by atoms with Crippen LogP contribution in [0.1, 0.15) is 0 Å². The van der Waals surface area contributed by atoms with Crippen molar-refractivity contribution in [2.75, 3.05) is 7.05 Å². The Labute approximate surface area is 50.5 Å². The predicted octanol–water partition coefficient (Wildman–Crippen LogP) is 0.375. The maximum atomic E-state index is 9.37. The number of nitrogens with one attached hydrogen (secondary N) is 2. The minimum Gasteiger partial charge on any atom is -0.453 e. The fourth-order valence-electron chi connectivity index (χ4n) is 0. The number of urea groups is 1. The summed E-state index contributed by atoms with van der Waals surface area (Å²) in [5.74, 6) is 0. The van der Waals surface area contributed by atoms with E-state index < -0.39 is 6.03 Å². The molecule has 0 saturated heterocycles. The summed E-state index contributed by atoms with van der Waals surface area (Å²) in [5, 5.41) is 2.06. The molecule has 3 nitrogen and oxygen atoms in total. The van der Waals surface area contributed by atoms with Crippen molar-refractivity contribution >= 4 is 6.03 Å². The Morgan fingerprint density at radius 1 is 1.83 bits per heavy atom. The average molecular weight is 257 g/mol. The Morgan fingerprint density at radius 2 is 2.00 bits per heavy atom. The van der Waals surface area contributed by atoms with Crippen LogP contribution in [0.5, 0.6) is 0 Å². The smallest absolute Gasteiger partial charge is 0.149 e. The molecule has 0 aliphatic rings. The van der Waals surface area contributed by atoms with E-state index in [4.69, 9.17) is 5.73 Å². The zero-order valence-electron chi connectivity index (χ0n) is 3.32. The van der Waals surface area contributed by atoms with Crippen molar-refractivity contribution in [3.05, 3.63) is 5.73 Å². The zero-order valence-corrected chi connectivity index (χ0v) is 6.25. The molecule has 0 heterocycles. The fraction of sp³-hybridized carbons (Fsp3) is 0.500. The number of hydrogen-bond donors (Lipinski definition) is 1. The van der Waals surface area contributed by atoms with Crippen LogP contribution in [-0.4, -0.2) is 13.1 Å². The Balaban J connectivity index is 0. The molecule has 6 heavy (non-hydrogen) atoms. The first-order valence-corrected chi connectivity index (χ1v) is 1.20. The van der Waals surface area contributed by atoms with E-state index in [1.54, 1.807) is 0 Å². The number of amides is 2. The first-order valence-electron chi connectivity index (χ1n) is 1.20. The van der Waals surface area contributed by atoms with Crippen molar-refractivity contribution in [1.29, 1.82) is 0 Å². The average Bonchev–Trinajstić information content (AvgIpc) is 1.38. The van der Waals surface area contributed by atoms with Crippen LogP contribution in [0.2, 0.25) is 0 Å². The molecule has 0 aromatic rings. The molecule has 0 aliphatic carbocycles. The van der Waals surface area contributed by atoms with Crippen LogP contribution in [0, 0.1) is 0 Å². The maximum Gasteiger partial charge on any atom is 0.149 e. The molecule has 0 aliphatic heterocycles. The number of carbonyl (C=O) groups is 1. The third kappa shape index (κ3) is 9.03. The van der Waals surface area contributed by atoms with Gasteiger partial charge in [0.05, 0.1) is 0 Å². The minimum atomic E-state index is -0.745. The molecule has 0 radical (unpaired) electrons. The quantitative estimate of drug-likeness (QED) is 0.669. The predicted molar refractivity (Wildman–Crippen MR) is 18.8 cm³/mol. The van der Waals surface area contributed by atoms with Gasteiger partial charge in [0.2, 0.25) is 0 Å². The van der Waals surface area contributed by atoms with Gasteiger partial charge < -0.3 is 11.1 Å². The Bertz CT molecular complexity index is 46.8. The molecular formula is C2H5N2OW-. The molecule has 36 valence electrons. The third-order valence-corrected chi connectivity index (χ3v) is 0.227. The van der Waals surface area contributed by atoms with Crippen molar-refractivity contribution in [3.63, 3.8) is 0 Å². The Morgan fingerprint density at radius 3 is 2.00 bits per heavy atom. The molecule has 0 rings (SSSR count). The molecule has 4 heteroatoms. The van der Waals surface area contributed by atoms with E-state index in [9.17, 15) is 4.79 Å². The first-order chi connectivity index (χ1) is 2.27. The van der Waals surface area contributed by atoms with Crippen molar-refractivity contribution < 1.29 is 25.9 Å². The largest absolute Gasteiger partial charge is 0.453 e. The summed E-state index contributed by atoms with van der Waals surface area (Å²) in [4.78, 5) is 9.37. The van der Waals surface area contributed by atoms with Crippen molar-refractivity contribution in [3.8, 4) is 0 Å². The summed E-state index contributed by atoms with van der Waals surface area (Å²) in [6.07, 6.45) is 0. The second kappa shape index (κ2) is 4.96. The van der Waals surface area contributed by atoms with Crippen LogP contribution in [0.15, 0.2) is 0 Å². The van der Waals surface area contributed by atoms with Crippen LogP contribution in [0.4, 0.5) is 4.79 Å². The fourth-order valence-corrected chi connectivity index (χ4v) is 0. The van der Waals surface area contributed by atoms with Gasteiger partial charge in [-0.05, 0) is 0 Å². The molecule has 0 aromatic heterocycles. The SMILES string of the molecule is CNC([NH-])=O.[W]. The molecule has 0 saturated carbocycles. The van der Waals surface area contributed by atoms with Crippen LogP contribution in [0.25, 0.3) is 5.73 Å². The van der Waals surface area contributed by atoms with Gasteiger partial charge in [0, 0.05) is 21.1 Å². The number of rotatable bonds is 0. The summed E-state index contributed by atoms with van der Waals surface area (Å²) in [6, 6.07) is -0.745. The van der Waals surface area contributed by atoms with E-state index in [0.29, 0.717) is 0 Å². The summed E-state index contributed by atoms with van der Waals surface area (Å²) < 4.78 is 0. The Kier molecular flexibility index (Phi) is 7.73. The van der Waals surface area contributed by atoms with Gasteiger partial charge in [-0.2, -0.15) is 0 Å². The second-order valence-corrected chi connectivity index (χ2v) is 0.579. The zero-order chi connectivity index (χ0) is 4.28. The molecule has 0 unspecified atom stereocenters. The normalized spacial score (nSPS) is 5.50. The third-order valence-electron chi connectivity index (χ3n) is 0.227. The standard InChI is InChI=1S/C2H6N2O.W/c1-4-2(3)5;/h1H3,(H3,3,4,5);/p-1. The topological polar surface area (TPSA) is 52.9 Å². The van der Waals surface area contributed by atoms with Crippen LogP contribution >= 0.6 is 0 Å². The molecule has 0 spiro atoms. The summed E-state index contributed by atoms with van der Waals surface area (Å²) >= 11 is 0. The summed E-state index contributed by atoms with van der Waals surface area (Å²) in [5.41, 5.74) is 6.08. The Hall–Kier alpha value is -0.0417. The van der Waals surface area contributed by atoms with Crippen molar-refractivity contribution in [1.82, 2.24) is 5.32 Å². The summed E-state index contributed by atoms with van der Waals surface area (Å²) in [6.45, 7) is 0. The first kappa shape index (κ1) is 9.35. The van der Waals surface area contributed by atoms with Gasteiger partial charge in [0.15, 0.2) is 0 Å². The number of carbonyl (C=O) groups excluding carboxylic acids is 1. The minimum absolute atomic E-state index is 0. The van der Waals surface area contributed by atoms with Crippen LogP contribution in [0.3, 0.4) is 0 Å². The molecule has 2 N–H and O–H groups in total. The van der Waals surface area contributed by atoms with E-state index in [0.717, 1.165) is 0 Å².